The number of pyridine rings is 1. The van der Waals surface area contributed by atoms with E-state index in [1.165, 1.54) is 0 Å². The number of anilines is 1. The van der Waals surface area contributed by atoms with Crippen LogP contribution >= 0.6 is 15.9 Å². The van der Waals surface area contributed by atoms with Crippen molar-refractivity contribution in [2.45, 2.75) is 6.54 Å². The van der Waals surface area contributed by atoms with Crippen LogP contribution in [0.1, 0.15) is 5.56 Å². The summed E-state index contributed by atoms with van der Waals surface area (Å²) in [6.45, 7) is 0.448. The van der Waals surface area contributed by atoms with Gasteiger partial charge in [0.2, 0.25) is 0 Å². The second-order valence-electron chi connectivity index (χ2n) is 6.43. The molecule has 4 aromatic rings. The van der Waals surface area contributed by atoms with Crippen molar-refractivity contribution >= 4 is 32.5 Å². The van der Waals surface area contributed by atoms with Crippen LogP contribution in [-0.4, -0.2) is 17.2 Å². The fraction of sp³-hybridized carbons (Fsp3) is 0.0870. The summed E-state index contributed by atoms with van der Waals surface area (Å²) in [7, 11) is 1.65. The zero-order valence-corrected chi connectivity index (χ0v) is 16.9. The molecule has 0 saturated carbocycles. The van der Waals surface area contributed by atoms with Crippen molar-refractivity contribution in [1.82, 2.24) is 4.98 Å². The first-order valence-electron chi connectivity index (χ1n) is 8.89. The molecule has 0 radical (unpaired) electrons. The molecule has 3 aromatic carbocycles. The Balaban J connectivity index is 1.70. The number of ether oxygens (including phenoxy) is 1. The number of phenols is 1. The van der Waals surface area contributed by atoms with Crippen molar-refractivity contribution in [2.24, 2.45) is 0 Å². The van der Waals surface area contributed by atoms with E-state index in [9.17, 15) is 5.11 Å². The minimum atomic E-state index is 0.266. The maximum absolute atomic E-state index is 10.9. The van der Waals surface area contributed by atoms with E-state index in [0.29, 0.717) is 6.54 Å². The lowest BCUT2D eigenvalue weighted by Crippen LogP contribution is -2.02. The third kappa shape index (κ3) is 3.66. The van der Waals surface area contributed by atoms with E-state index in [0.717, 1.165) is 43.5 Å². The number of benzene rings is 3. The van der Waals surface area contributed by atoms with E-state index in [1.807, 2.05) is 66.7 Å². The van der Waals surface area contributed by atoms with Gasteiger partial charge in [0.15, 0.2) is 0 Å². The van der Waals surface area contributed by atoms with Crippen LogP contribution in [-0.2, 0) is 6.54 Å². The smallest absolute Gasteiger partial charge is 0.128 e. The van der Waals surface area contributed by atoms with E-state index in [1.54, 1.807) is 13.3 Å². The van der Waals surface area contributed by atoms with Gasteiger partial charge in [0.25, 0.3) is 0 Å². The van der Waals surface area contributed by atoms with Crippen LogP contribution in [0.15, 0.2) is 77.4 Å². The predicted octanol–water partition coefficient (Wildman–Crippen LogP) is 5.99. The van der Waals surface area contributed by atoms with E-state index >= 15 is 0 Å². The van der Waals surface area contributed by atoms with E-state index in [4.69, 9.17) is 4.74 Å². The van der Waals surface area contributed by atoms with Crippen molar-refractivity contribution in [3.63, 3.8) is 0 Å². The standard InChI is InChI=1S/C23H19BrN2O2/c1-28-19-11-16-8-5-9-25-22(16)21(13-19)26-14-17-10-18(24)12-20(23(17)27)15-6-3-2-4-7-15/h2-13,26-27H,14H2,1H3. The molecular weight excluding hydrogens is 416 g/mol. The van der Waals surface area contributed by atoms with Crippen LogP contribution in [0.5, 0.6) is 11.5 Å². The number of aromatic hydroxyl groups is 1. The lowest BCUT2D eigenvalue weighted by Gasteiger charge is -2.14. The topological polar surface area (TPSA) is 54.4 Å². The summed E-state index contributed by atoms with van der Waals surface area (Å²) in [6, 6.07) is 21.5. The van der Waals surface area contributed by atoms with Crippen LogP contribution in [0.25, 0.3) is 22.0 Å². The molecule has 1 heterocycles. The van der Waals surface area contributed by atoms with Crippen LogP contribution in [0.2, 0.25) is 0 Å². The van der Waals surface area contributed by atoms with Gasteiger partial charge in [-0.15, -0.1) is 0 Å². The molecule has 140 valence electrons. The highest BCUT2D eigenvalue weighted by atomic mass is 79.9. The monoisotopic (exact) mass is 434 g/mol. The van der Waals surface area contributed by atoms with Gasteiger partial charge >= 0.3 is 0 Å². The largest absolute Gasteiger partial charge is 0.507 e. The molecule has 2 N–H and O–H groups in total. The predicted molar refractivity (Wildman–Crippen MR) is 117 cm³/mol. The first-order chi connectivity index (χ1) is 13.7. The van der Waals surface area contributed by atoms with Crippen molar-refractivity contribution < 1.29 is 9.84 Å². The molecule has 4 rings (SSSR count). The van der Waals surface area contributed by atoms with Gasteiger partial charge in [0, 0.05) is 39.8 Å². The van der Waals surface area contributed by atoms with E-state index < -0.39 is 0 Å². The highest BCUT2D eigenvalue weighted by Crippen LogP contribution is 2.36. The lowest BCUT2D eigenvalue weighted by atomic mass is 10.0. The molecule has 0 unspecified atom stereocenters. The second kappa shape index (κ2) is 7.90. The Morgan fingerprint density at radius 1 is 1.04 bits per heavy atom. The van der Waals surface area contributed by atoms with Crippen LogP contribution < -0.4 is 10.1 Å². The summed E-state index contributed by atoms with van der Waals surface area (Å²) in [5.74, 6) is 1.02. The molecule has 0 saturated heterocycles. The minimum absolute atomic E-state index is 0.266. The van der Waals surface area contributed by atoms with Gasteiger partial charge in [0.05, 0.1) is 18.3 Å². The van der Waals surface area contributed by atoms with Gasteiger partial charge in [-0.2, -0.15) is 0 Å². The lowest BCUT2D eigenvalue weighted by molar-refractivity contribution is 0.415. The number of phenolic OH excluding ortho intramolecular Hbond substituents is 1. The van der Waals surface area contributed by atoms with Crippen molar-refractivity contribution in [1.29, 1.82) is 0 Å². The van der Waals surface area contributed by atoms with E-state index in [-0.39, 0.29) is 5.75 Å². The Labute approximate surface area is 172 Å². The van der Waals surface area contributed by atoms with Crippen molar-refractivity contribution in [2.75, 3.05) is 12.4 Å². The summed E-state index contributed by atoms with van der Waals surface area (Å²) in [6.07, 6.45) is 1.77. The molecule has 0 aliphatic rings. The Hall–Kier alpha value is -3.05. The highest BCUT2D eigenvalue weighted by molar-refractivity contribution is 9.10. The van der Waals surface area contributed by atoms with Gasteiger partial charge in [-0.25, -0.2) is 0 Å². The van der Waals surface area contributed by atoms with Crippen LogP contribution in [0.3, 0.4) is 0 Å². The molecule has 0 atom stereocenters. The summed E-state index contributed by atoms with van der Waals surface area (Å²) in [5, 5.41) is 15.3. The number of hydrogen-bond acceptors (Lipinski definition) is 4. The minimum Gasteiger partial charge on any atom is -0.507 e. The quantitative estimate of drug-likeness (QED) is 0.404. The SMILES string of the molecule is COc1cc(NCc2cc(Br)cc(-c3ccccc3)c2O)c2ncccc2c1. The number of methoxy groups -OCH3 is 1. The number of rotatable bonds is 5. The Kier molecular flexibility index (Phi) is 5.17. The first-order valence-corrected chi connectivity index (χ1v) is 9.68. The third-order valence-corrected chi connectivity index (χ3v) is 5.08. The molecule has 0 bridgehead atoms. The number of nitrogens with zero attached hydrogens (tertiary/aromatic N) is 1. The number of fused-ring (bicyclic) bond motifs is 1. The van der Waals surface area contributed by atoms with Gasteiger partial charge in [-0.05, 0) is 29.8 Å². The van der Waals surface area contributed by atoms with Crippen LogP contribution in [0.4, 0.5) is 5.69 Å². The van der Waals surface area contributed by atoms with Crippen molar-refractivity contribution in [3.05, 3.63) is 83.0 Å². The van der Waals surface area contributed by atoms with Crippen LogP contribution in [0, 0.1) is 0 Å². The number of halogens is 1. The molecule has 5 heteroatoms. The second-order valence-corrected chi connectivity index (χ2v) is 7.35. The molecule has 28 heavy (non-hydrogen) atoms. The highest BCUT2D eigenvalue weighted by Gasteiger charge is 2.12. The molecule has 0 aliphatic heterocycles. The fourth-order valence-electron chi connectivity index (χ4n) is 3.24. The van der Waals surface area contributed by atoms with Crippen molar-refractivity contribution in [3.8, 4) is 22.6 Å². The molecule has 0 spiro atoms. The Morgan fingerprint density at radius 3 is 2.64 bits per heavy atom. The summed E-state index contributed by atoms with van der Waals surface area (Å²) in [4.78, 5) is 4.48. The van der Waals surface area contributed by atoms with Gasteiger partial charge in [-0.1, -0.05) is 52.3 Å². The molecule has 0 fully saturated rings. The zero-order valence-electron chi connectivity index (χ0n) is 15.3. The molecular formula is C23H19BrN2O2. The average molecular weight is 435 g/mol. The van der Waals surface area contributed by atoms with Gasteiger partial charge in [-0.3, -0.25) is 4.98 Å². The summed E-state index contributed by atoms with van der Waals surface area (Å²) < 4.78 is 6.32. The number of hydrogen-bond donors (Lipinski definition) is 2. The maximum Gasteiger partial charge on any atom is 0.128 e. The summed E-state index contributed by atoms with van der Waals surface area (Å²) >= 11 is 3.56. The molecule has 0 aliphatic carbocycles. The van der Waals surface area contributed by atoms with Gasteiger partial charge < -0.3 is 15.2 Å². The normalized spacial score (nSPS) is 10.8. The average Bonchev–Trinajstić information content (AvgIpc) is 2.74. The number of aromatic nitrogens is 1. The Bertz CT molecular complexity index is 1130. The van der Waals surface area contributed by atoms with Gasteiger partial charge in [0.1, 0.15) is 11.5 Å². The first kappa shape index (κ1) is 18.3. The van der Waals surface area contributed by atoms with E-state index in [2.05, 4.69) is 26.2 Å². The third-order valence-electron chi connectivity index (χ3n) is 4.62. The molecule has 0 amide bonds. The molecule has 1 aromatic heterocycles. The molecule has 4 nitrogen and oxygen atoms in total. The Morgan fingerprint density at radius 2 is 1.86 bits per heavy atom. The fourth-order valence-corrected chi connectivity index (χ4v) is 3.74. The zero-order chi connectivity index (χ0) is 19.5. The summed E-state index contributed by atoms with van der Waals surface area (Å²) in [5.41, 5.74) is 4.27. The maximum atomic E-state index is 10.9. The number of nitrogens with one attached hydrogen (secondary N) is 1.